The van der Waals surface area contributed by atoms with Gasteiger partial charge in [0.15, 0.2) is 0 Å². The van der Waals surface area contributed by atoms with Gasteiger partial charge in [0.1, 0.15) is 0 Å². The molecule has 0 spiro atoms. The first-order valence-corrected chi connectivity index (χ1v) is 6.20. The molecule has 0 N–H and O–H groups in total. The van der Waals surface area contributed by atoms with Crippen LogP contribution in [0.25, 0.3) is 5.57 Å². The molecule has 1 aromatic carbocycles. The zero-order valence-electron chi connectivity index (χ0n) is 10.8. The highest BCUT2D eigenvalue weighted by atomic mass is 15.1. The van der Waals surface area contributed by atoms with Gasteiger partial charge in [-0.15, -0.1) is 0 Å². The summed E-state index contributed by atoms with van der Waals surface area (Å²) in [6.45, 7) is 12.7. The van der Waals surface area contributed by atoms with Gasteiger partial charge in [-0.1, -0.05) is 38.1 Å². The van der Waals surface area contributed by atoms with Gasteiger partial charge in [-0.2, -0.15) is 0 Å². The summed E-state index contributed by atoms with van der Waals surface area (Å²) in [7, 11) is 0. The fraction of sp³-hybridized carbons (Fsp3) is 0.467. The van der Waals surface area contributed by atoms with Crippen LogP contribution in [0.5, 0.6) is 0 Å². The summed E-state index contributed by atoms with van der Waals surface area (Å²) in [4.78, 5) is 2.45. The first kappa shape index (κ1) is 12.8. The van der Waals surface area contributed by atoms with Crippen LogP contribution in [0, 0.1) is 0 Å². The second-order valence-corrected chi connectivity index (χ2v) is 4.31. The number of anilines is 1. The first-order chi connectivity index (χ1) is 7.69. The first-order valence-electron chi connectivity index (χ1n) is 6.20. The van der Waals surface area contributed by atoms with Crippen molar-refractivity contribution in [3.63, 3.8) is 0 Å². The van der Waals surface area contributed by atoms with Gasteiger partial charge in [0.25, 0.3) is 0 Å². The summed E-state index contributed by atoms with van der Waals surface area (Å²) >= 11 is 0. The molecule has 0 bridgehead atoms. The maximum atomic E-state index is 3.96. The van der Waals surface area contributed by atoms with Crippen LogP contribution in [0.4, 0.5) is 5.69 Å². The highest BCUT2D eigenvalue weighted by molar-refractivity contribution is 5.63. The Morgan fingerprint density at radius 2 is 1.56 bits per heavy atom. The Hall–Kier alpha value is -1.24. The minimum absolute atomic E-state index is 1.13. The van der Waals surface area contributed by atoms with Gasteiger partial charge >= 0.3 is 0 Å². The van der Waals surface area contributed by atoms with Crippen molar-refractivity contribution in [2.24, 2.45) is 0 Å². The van der Waals surface area contributed by atoms with E-state index in [9.17, 15) is 0 Å². The van der Waals surface area contributed by atoms with Crippen molar-refractivity contribution in [3.05, 3.63) is 36.4 Å². The van der Waals surface area contributed by atoms with Crippen LogP contribution in [0.1, 0.15) is 39.2 Å². The van der Waals surface area contributed by atoms with Gasteiger partial charge < -0.3 is 4.90 Å². The smallest absolute Gasteiger partial charge is 0.0366 e. The molecule has 0 saturated heterocycles. The number of allylic oxidation sites excluding steroid dienone is 1. The molecule has 1 aromatic rings. The SMILES string of the molecule is C=C(C)c1ccc(N(CCC)CCC)cc1. The molecule has 0 atom stereocenters. The molecule has 1 rings (SSSR count). The molecule has 0 heterocycles. The summed E-state index contributed by atoms with van der Waals surface area (Å²) in [6.07, 6.45) is 2.39. The molecule has 0 unspecified atom stereocenters. The van der Waals surface area contributed by atoms with E-state index in [2.05, 4.69) is 49.6 Å². The maximum absolute atomic E-state index is 3.96. The molecule has 88 valence electrons. The van der Waals surface area contributed by atoms with Crippen molar-refractivity contribution in [1.29, 1.82) is 0 Å². The Morgan fingerprint density at radius 1 is 1.06 bits per heavy atom. The van der Waals surface area contributed by atoms with E-state index in [0.29, 0.717) is 0 Å². The molecular weight excluding hydrogens is 194 g/mol. The maximum Gasteiger partial charge on any atom is 0.0366 e. The highest BCUT2D eigenvalue weighted by Gasteiger charge is 2.03. The second kappa shape index (κ2) is 6.37. The van der Waals surface area contributed by atoms with E-state index in [1.54, 1.807) is 0 Å². The third-order valence-electron chi connectivity index (χ3n) is 2.71. The molecule has 0 saturated carbocycles. The highest BCUT2D eigenvalue weighted by Crippen LogP contribution is 2.19. The number of rotatable bonds is 6. The lowest BCUT2D eigenvalue weighted by Crippen LogP contribution is -2.24. The lowest BCUT2D eigenvalue weighted by Gasteiger charge is -2.24. The number of benzene rings is 1. The van der Waals surface area contributed by atoms with Gasteiger partial charge in [-0.25, -0.2) is 0 Å². The summed E-state index contributed by atoms with van der Waals surface area (Å²) in [5.74, 6) is 0. The molecule has 0 fully saturated rings. The largest absolute Gasteiger partial charge is 0.372 e. The molecule has 0 radical (unpaired) electrons. The lowest BCUT2D eigenvalue weighted by atomic mass is 10.1. The molecular formula is C15H23N. The predicted molar refractivity (Wildman–Crippen MR) is 73.9 cm³/mol. The van der Waals surface area contributed by atoms with E-state index in [1.807, 2.05) is 6.92 Å². The topological polar surface area (TPSA) is 3.24 Å². The van der Waals surface area contributed by atoms with Crippen molar-refractivity contribution in [2.75, 3.05) is 18.0 Å². The number of nitrogens with zero attached hydrogens (tertiary/aromatic N) is 1. The minimum Gasteiger partial charge on any atom is -0.372 e. The van der Waals surface area contributed by atoms with Crippen LogP contribution in [0.3, 0.4) is 0 Å². The van der Waals surface area contributed by atoms with Crippen molar-refractivity contribution >= 4 is 11.3 Å². The van der Waals surface area contributed by atoms with Crippen LogP contribution in [0.2, 0.25) is 0 Å². The lowest BCUT2D eigenvalue weighted by molar-refractivity contribution is 0.745. The van der Waals surface area contributed by atoms with Gasteiger partial charge in [-0.05, 0) is 37.5 Å². The van der Waals surface area contributed by atoms with E-state index < -0.39 is 0 Å². The molecule has 1 heteroatoms. The zero-order valence-corrected chi connectivity index (χ0v) is 10.8. The van der Waals surface area contributed by atoms with Crippen molar-refractivity contribution in [3.8, 4) is 0 Å². The van der Waals surface area contributed by atoms with Gasteiger partial charge in [0, 0.05) is 18.8 Å². The fourth-order valence-electron chi connectivity index (χ4n) is 1.87. The van der Waals surface area contributed by atoms with Gasteiger partial charge in [-0.3, -0.25) is 0 Å². The Kier molecular flexibility index (Phi) is 5.10. The molecule has 0 aliphatic heterocycles. The summed E-state index contributed by atoms with van der Waals surface area (Å²) in [5, 5.41) is 0. The average Bonchev–Trinajstić information content (AvgIpc) is 2.29. The number of hydrogen-bond acceptors (Lipinski definition) is 1. The zero-order chi connectivity index (χ0) is 12.0. The molecule has 0 aliphatic carbocycles. The van der Waals surface area contributed by atoms with Gasteiger partial charge in [0.2, 0.25) is 0 Å². The normalized spacial score (nSPS) is 10.2. The van der Waals surface area contributed by atoms with E-state index in [1.165, 1.54) is 24.1 Å². The minimum atomic E-state index is 1.13. The predicted octanol–water partition coefficient (Wildman–Crippen LogP) is 4.35. The third kappa shape index (κ3) is 3.41. The van der Waals surface area contributed by atoms with Crippen LogP contribution in [0.15, 0.2) is 30.8 Å². The number of hydrogen-bond donors (Lipinski definition) is 0. The Bertz CT molecular complexity index is 318. The Labute approximate surface area is 99.8 Å². The van der Waals surface area contributed by atoms with E-state index in [4.69, 9.17) is 0 Å². The summed E-state index contributed by atoms with van der Waals surface area (Å²) in [5.41, 5.74) is 3.69. The van der Waals surface area contributed by atoms with E-state index in [0.717, 1.165) is 18.7 Å². The van der Waals surface area contributed by atoms with Crippen molar-refractivity contribution < 1.29 is 0 Å². The van der Waals surface area contributed by atoms with E-state index in [-0.39, 0.29) is 0 Å². The van der Waals surface area contributed by atoms with Crippen molar-refractivity contribution in [2.45, 2.75) is 33.6 Å². The average molecular weight is 217 g/mol. The summed E-state index contributed by atoms with van der Waals surface area (Å²) in [6, 6.07) is 8.73. The van der Waals surface area contributed by atoms with Crippen molar-refractivity contribution in [1.82, 2.24) is 0 Å². The molecule has 1 nitrogen and oxygen atoms in total. The second-order valence-electron chi connectivity index (χ2n) is 4.31. The summed E-state index contributed by atoms with van der Waals surface area (Å²) < 4.78 is 0. The fourth-order valence-corrected chi connectivity index (χ4v) is 1.87. The molecule has 0 aromatic heterocycles. The van der Waals surface area contributed by atoms with Crippen LogP contribution in [-0.2, 0) is 0 Å². The van der Waals surface area contributed by atoms with E-state index >= 15 is 0 Å². The molecule has 0 aliphatic rings. The molecule has 16 heavy (non-hydrogen) atoms. The van der Waals surface area contributed by atoms with Crippen LogP contribution in [-0.4, -0.2) is 13.1 Å². The monoisotopic (exact) mass is 217 g/mol. The van der Waals surface area contributed by atoms with Crippen LogP contribution >= 0.6 is 0 Å². The third-order valence-corrected chi connectivity index (χ3v) is 2.71. The quantitative estimate of drug-likeness (QED) is 0.685. The van der Waals surface area contributed by atoms with Gasteiger partial charge in [0.05, 0.1) is 0 Å². The standard InChI is InChI=1S/C15H23N/c1-5-11-16(12-6-2)15-9-7-14(8-10-15)13(3)4/h7-10H,3,5-6,11-12H2,1-2,4H3. The Morgan fingerprint density at radius 3 is 1.94 bits per heavy atom. The van der Waals surface area contributed by atoms with Crippen LogP contribution < -0.4 is 4.90 Å². The Balaban J connectivity index is 2.80. The molecule has 0 amide bonds.